The van der Waals surface area contributed by atoms with Crippen LogP contribution in [0, 0.1) is 5.82 Å². The molecule has 1 saturated carbocycles. The number of nitrogens with two attached hydrogens (primary N) is 2. The van der Waals surface area contributed by atoms with Crippen LogP contribution in [0.15, 0.2) is 24.3 Å². The second-order valence-electron chi connectivity index (χ2n) is 4.36. The molecule has 0 bridgehead atoms. The van der Waals surface area contributed by atoms with Crippen LogP contribution >= 0.6 is 0 Å². The van der Waals surface area contributed by atoms with Gasteiger partial charge in [-0.2, -0.15) is 0 Å². The molecule has 0 unspecified atom stereocenters. The van der Waals surface area contributed by atoms with Gasteiger partial charge in [0.05, 0.1) is 0 Å². The van der Waals surface area contributed by atoms with Crippen LogP contribution in [-0.4, -0.2) is 9.66 Å². The molecule has 2 aromatic rings. The summed E-state index contributed by atoms with van der Waals surface area (Å²) in [4.78, 5) is 4.46. The normalized spacial score (nSPS) is 15.1. The summed E-state index contributed by atoms with van der Waals surface area (Å²) >= 11 is 0. The van der Waals surface area contributed by atoms with E-state index in [0.717, 1.165) is 24.2 Å². The van der Waals surface area contributed by atoms with Crippen molar-refractivity contribution in [2.24, 2.45) is 0 Å². The summed E-state index contributed by atoms with van der Waals surface area (Å²) in [6, 6.07) is 6.09. The number of imidazole rings is 1. The van der Waals surface area contributed by atoms with Gasteiger partial charge in [0, 0.05) is 11.5 Å². The van der Waals surface area contributed by atoms with Crippen molar-refractivity contribution in [3.63, 3.8) is 0 Å². The van der Waals surface area contributed by atoms with E-state index in [2.05, 4.69) is 4.98 Å². The third-order valence-electron chi connectivity index (χ3n) is 3.04. The highest BCUT2D eigenvalue weighted by molar-refractivity contribution is 5.71. The highest BCUT2D eigenvalue weighted by Gasteiger charge is 2.30. The molecule has 4 N–H and O–H groups in total. The monoisotopic (exact) mass is 232 g/mol. The van der Waals surface area contributed by atoms with Crippen LogP contribution in [0.3, 0.4) is 0 Å². The lowest BCUT2D eigenvalue weighted by molar-refractivity contribution is 0.628. The second-order valence-corrected chi connectivity index (χ2v) is 4.36. The molecule has 5 heteroatoms. The Morgan fingerprint density at radius 1 is 1.24 bits per heavy atom. The minimum Gasteiger partial charge on any atom is -0.382 e. The first kappa shape index (κ1) is 10.1. The molecular formula is C12H13FN4. The van der Waals surface area contributed by atoms with Crippen molar-refractivity contribution in [2.45, 2.75) is 18.8 Å². The summed E-state index contributed by atoms with van der Waals surface area (Å²) < 4.78 is 14.3. The van der Waals surface area contributed by atoms with Gasteiger partial charge in [-0.3, -0.25) is 0 Å². The van der Waals surface area contributed by atoms with Gasteiger partial charge in [0.15, 0.2) is 5.82 Å². The first-order chi connectivity index (χ1) is 8.16. The zero-order valence-electron chi connectivity index (χ0n) is 9.23. The third-order valence-corrected chi connectivity index (χ3v) is 3.04. The van der Waals surface area contributed by atoms with Gasteiger partial charge in [0.1, 0.15) is 17.3 Å². The van der Waals surface area contributed by atoms with Crippen LogP contribution in [0.1, 0.15) is 24.6 Å². The van der Waals surface area contributed by atoms with Crippen LogP contribution < -0.4 is 11.6 Å². The Labute approximate surface area is 98.0 Å². The van der Waals surface area contributed by atoms with Crippen LogP contribution in [0.4, 0.5) is 10.2 Å². The number of halogens is 1. The van der Waals surface area contributed by atoms with Gasteiger partial charge < -0.3 is 11.6 Å². The van der Waals surface area contributed by atoms with Gasteiger partial charge in [-0.05, 0) is 37.1 Å². The lowest BCUT2D eigenvalue weighted by Gasteiger charge is -2.00. The van der Waals surface area contributed by atoms with Gasteiger partial charge in [-0.1, -0.05) is 0 Å². The van der Waals surface area contributed by atoms with E-state index in [1.807, 2.05) is 0 Å². The molecule has 0 amide bonds. The Morgan fingerprint density at radius 3 is 2.47 bits per heavy atom. The molecule has 0 aliphatic heterocycles. The van der Waals surface area contributed by atoms with Crippen molar-refractivity contribution in [3.8, 4) is 11.3 Å². The number of rotatable bonds is 2. The van der Waals surface area contributed by atoms with Crippen molar-refractivity contribution in [1.82, 2.24) is 9.66 Å². The van der Waals surface area contributed by atoms with Crippen molar-refractivity contribution in [2.75, 3.05) is 11.6 Å². The lowest BCUT2D eigenvalue weighted by atomic mass is 10.1. The summed E-state index contributed by atoms with van der Waals surface area (Å²) in [5.41, 5.74) is 7.34. The number of aromatic nitrogens is 2. The van der Waals surface area contributed by atoms with Crippen molar-refractivity contribution in [3.05, 3.63) is 35.9 Å². The van der Waals surface area contributed by atoms with Crippen LogP contribution in [-0.2, 0) is 0 Å². The standard InChI is InChI=1S/C12H13FN4/c13-9-5-3-7(4-6-9)10-11(14)17(15)12(16-10)8-1-2-8/h3-6,8H,1-2,14-15H2. The molecule has 1 aliphatic carbocycles. The molecule has 0 spiro atoms. The summed E-state index contributed by atoms with van der Waals surface area (Å²) in [7, 11) is 0. The van der Waals surface area contributed by atoms with Gasteiger partial charge >= 0.3 is 0 Å². The maximum Gasteiger partial charge on any atom is 0.150 e. The molecule has 17 heavy (non-hydrogen) atoms. The Hall–Kier alpha value is -2.04. The van der Waals surface area contributed by atoms with Crippen LogP contribution in [0.2, 0.25) is 0 Å². The van der Waals surface area contributed by atoms with E-state index in [1.165, 1.54) is 16.8 Å². The molecule has 1 fully saturated rings. The lowest BCUT2D eigenvalue weighted by Crippen LogP contribution is -2.14. The summed E-state index contributed by atoms with van der Waals surface area (Å²) in [5.74, 6) is 7.27. The summed E-state index contributed by atoms with van der Waals surface area (Å²) in [6.07, 6.45) is 2.22. The largest absolute Gasteiger partial charge is 0.382 e. The molecule has 0 radical (unpaired) electrons. The zero-order chi connectivity index (χ0) is 12.0. The topological polar surface area (TPSA) is 69.9 Å². The molecule has 1 aromatic heterocycles. The highest BCUT2D eigenvalue weighted by atomic mass is 19.1. The van der Waals surface area contributed by atoms with Gasteiger partial charge in [0.2, 0.25) is 0 Å². The van der Waals surface area contributed by atoms with Gasteiger partial charge in [0.25, 0.3) is 0 Å². The maximum atomic E-state index is 12.8. The predicted octanol–water partition coefficient (Wildman–Crippen LogP) is 1.86. The SMILES string of the molecule is Nc1c(-c2ccc(F)cc2)nc(C2CC2)n1N. The van der Waals surface area contributed by atoms with E-state index in [0.29, 0.717) is 17.4 Å². The van der Waals surface area contributed by atoms with E-state index >= 15 is 0 Å². The molecule has 4 nitrogen and oxygen atoms in total. The van der Waals surface area contributed by atoms with Gasteiger partial charge in [-0.15, -0.1) is 0 Å². The number of hydrogen-bond donors (Lipinski definition) is 2. The molecule has 0 atom stereocenters. The number of nitrogen functional groups attached to an aromatic ring is 2. The Morgan fingerprint density at radius 2 is 1.88 bits per heavy atom. The first-order valence-electron chi connectivity index (χ1n) is 5.56. The molecule has 1 aliphatic rings. The molecule has 88 valence electrons. The van der Waals surface area contributed by atoms with E-state index < -0.39 is 0 Å². The average Bonchev–Trinajstić information content (AvgIpc) is 3.11. The van der Waals surface area contributed by atoms with E-state index in [4.69, 9.17) is 11.6 Å². The van der Waals surface area contributed by atoms with E-state index in [9.17, 15) is 4.39 Å². The van der Waals surface area contributed by atoms with E-state index in [1.54, 1.807) is 12.1 Å². The van der Waals surface area contributed by atoms with Crippen LogP contribution in [0.25, 0.3) is 11.3 Å². The fraction of sp³-hybridized carbons (Fsp3) is 0.250. The predicted molar refractivity (Wildman–Crippen MR) is 64.2 cm³/mol. The fourth-order valence-electron chi connectivity index (χ4n) is 1.91. The molecule has 1 aromatic carbocycles. The van der Waals surface area contributed by atoms with Gasteiger partial charge in [-0.25, -0.2) is 14.1 Å². The second kappa shape index (κ2) is 3.48. The Balaban J connectivity index is 2.08. The maximum absolute atomic E-state index is 12.8. The minimum absolute atomic E-state index is 0.276. The zero-order valence-corrected chi connectivity index (χ0v) is 9.23. The third kappa shape index (κ3) is 1.63. The average molecular weight is 232 g/mol. The van der Waals surface area contributed by atoms with Crippen LogP contribution in [0.5, 0.6) is 0 Å². The van der Waals surface area contributed by atoms with Crippen molar-refractivity contribution in [1.29, 1.82) is 0 Å². The number of nitrogens with zero attached hydrogens (tertiary/aromatic N) is 2. The quantitative estimate of drug-likeness (QED) is 0.776. The van der Waals surface area contributed by atoms with Crippen molar-refractivity contribution >= 4 is 5.82 Å². The fourth-order valence-corrected chi connectivity index (χ4v) is 1.91. The number of anilines is 1. The highest BCUT2D eigenvalue weighted by Crippen LogP contribution is 2.41. The number of hydrogen-bond acceptors (Lipinski definition) is 3. The molecule has 1 heterocycles. The van der Waals surface area contributed by atoms with E-state index in [-0.39, 0.29) is 5.82 Å². The molecule has 3 rings (SSSR count). The van der Waals surface area contributed by atoms with Crippen molar-refractivity contribution < 1.29 is 4.39 Å². The molecule has 0 saturated heterocycles. The first-order valence-corrected chi connectivity index (χ1v) is 5.56. The number of benzene rings is 1. The Bertz CT molecular complexity index is 555. The Kier molecular flexibility index (Phi) is 2.07. The smallest absolute Gasteiger partial charge is 0.150 e. The summed E-state index contributed by atoms with van der Waals surface area (Å²) in [6.45, 7) is 0. The summed E-state index contributed by atoms with van der Waals surface area (Å²) in [5, 5.41) is 0. The minimum atomic E-state index is -0.276. The molecular weight excluding hydrogens is 219 g/mol.